The fourth-order valence-electron chi connectivity index (χ4n) is 2.11. The summed E-state index contributed by atoms with van der Waals surface area (Å²) in [6, 6.07) is 10.2. The van der Waals surface area contributed by atoms with Gasteiger partial charge in [0, 0.05) is 4.83 Å². The van der Waals surface area contributed by atoms with Gasteiger partial charge in [-0.25, -0.2) is 8.42 Å². The van der Waals surface area contributed by atoms with Crippen LogP contribution >= 0.6 is 15.9 Å². The predicted octanol–water partition coefficient (Wildman–Crippen LogP) is 2.43. The van der Waals surface area contributed by atoms with Crippen LogP contribution in [0, 0.1) is 5.92 Å². The van der Waals surface area contributed by atoms with E-state index in [4.69, 9.17) is 0 Å². The maximum atomic E-state index is 11.4. The molecule has 88 valence electrons. The van der Waals surface area contributed by atoms with Crippen molar-refractivity contribution < 1.29 is 8.42 Å². The second-order valence-electron chi connectivity index (χ2n) is 4.37. The molecule has 1 aliphatic heterocycles. The monoisotopic (exact) mass is 302 g/mol. The normalized spacial score (nSPS) is 25.4. The van der Waals surface area contributed by atoms with Crippen LogP contribution in [0.15, 0.2) is 30.3 Å². The third-order valence-electron chi connectivity index (χ3n) is 3.05. The third-order valence-corrected chi connectivity index (χ3v) is 5.92. The average molecular weight is 303 g/mol. The van der Waals surface area contributed by atoms with Crippen molar-refractivity contribution >= 4 is 25.8 Å². The maximum Gasteiger partial charge on any atom is 0.150 e. The SMILES string of the molecule is O=S1(=O)CCC(C(Br)Cc2ccccc2)C1. The minimum atomic E-state index is -2.76. The van der Waals surface area contributed by atoms with Crippen LogP contribution in [0.4, 0.5) is 0 Å². The second-order valence-corrected chi connectivity index (χ2v) is 7.77. The van der Waals surface area contributed by atoms with Gasteiger partial charge in [-0.05, 0) is 24.3 Å². The lowest BCUT2D eigenvalue weighted by Gasteiger charge is -2.15. The van der Waals surface area contributed by atoms with Crippen molar-refractivity contribution in [1.82, 2.24) is 0 Å². The van der Waals surface area contributed by atoms with Gasteiger partial charge in [-0.15, -0.1) is 0 Å². The summed E-state index contributed by atoms with van der Waals surface area (Å²) in [4.78, 5) is 0.271. The van der Waals surface area contributed by atoms with E-state index in [1.807, 2.05) is 18.2 Å². The van der Waals surface area contributed by atoms with E-state index in [9.17, 15) is 8.42 Å². The van der Waals surface area contributed by atoms with Crippen LogP contribution < -0.4 is 0 Å². The number of halogens is 1. The highest BCUT2D eigenvalue weighted by atomic mass is 79.9. The van der Waals surface area contributed by atoms with Crippen molar-refractivity contribution in [2.75, 3.05) is 11.5 Å². The Hall–Kier alpha value is -0.350. The highest BCUT2D eigenvalue weighted by Gasteiger charge is 2.32. The molecule has 0 bridgehead atoms. The smallest absolute Gasteiger partial charge is 0.150 e. The summed E-state index contributed by atoms with van der Waals surface area (Å²) in [6.45, 7) is 0. The van der Waals surface area contributed by atoms with E-state index in [1.165, 1.54) is 5.56 Å². The van der Waals surface area contributed by atoms with E-state index < -0.39 is 9.84 Å². The summed E-state index contributed by atoms with van der Waals surface area (Å²) >= 11 is 3.63. The molecule has 0 N–H and O–H groups in total. The van der Waals surface area contributed by atoms with Crippen molar-refractivity contribution in [1.29, 1.82) is 0 Å². The van der Waals surface area contributed by atoms with Crippen LogP contribution in [0.3, 0.4) is 0 Å². The first-order valence-corrected chi connectivity index (χ1v) is 8.19. The zero-order valence-corrected chi connectivity index (χ0v) is 11.4. The number of sulfone groups is 1. The summed E-state index contributed by atoms with van der Waals surface area (Å²) in [5, 5.41) is 0. The molecule has 16 heavy (non-hydrogen) atoms. The summed E-state index contributed by atoms with van der Waals surface area (Å²) < 4.78 is 22.8. The molecule has 4 heteroatoms. The van der Waals surface area contributed by atoms with Crippen molar-refractivity contribution in [3.05, 3.63) is 35.9 Å². The van der Waals surface area contributed by atoms with Gasteiger partial charge in [-0.1, -0.05) is 46.3 Å². The average Bonchev–Trinajstić information content (AvgIpc) is 2.60. The van der Waals surface area contributed by atoms with Crippen LogP contribution in [0.25, 0.3) is 0 Å². The van der Waals surface area contributed by atoms with Crippen LogP contribution in [0.2, 0.25) is 0 Å². The standard InChI is InChI=1S/C12H15BrO2S/c13-12(8-10-4-2-1-3-5-10)11-6-7-16(14,15)9-11/h1-5,11-12H,6-9H2. The summed E-state index contributed by atoms with van der Waals surface area (Å²) in [5.41, 5.74) is 1.26. The number of hydrogen-bond donors (Lipinski definition) is 0. The Labute approximate surface area is 105 Å². The molecule has 2 rings (SSSR count). The first kappa shape index (κ1) is 12.1. The van der Waals surface area contributed by atoms with Gasteiger partial charge in [-0.3, -0.25) is 0 Å². The van der Waals surface area contributed by atoms with Gasteiger partial charge >= 0.3 is 0 Å². The molecule has 0 aromatic heterocycles. The molecule has 2 atom stereocenters. The van der Waals surface area contributed by atoms with E-state index in [-0.39, 0.29) is 10.7 Å². The van der Waals surface area contributed by atoms with E-state index in [2.05, 4.69) is 28.1 Å². The van der Waals surface area contributed by atoms with Crippen LogP contribution in [-0.2, 0) is 16.3 Å². The molecule has 1 saturated heterocycles. The molecule has 1 aromatic rings. The molecule has 1 aliphatic rings. The summed E-state index contributed by atoms with van der Waals surface area (Å²) in [6.07, 6.45) is 1.70. The molecule has 0 radical (unpaired) electrons. The van der Waals surface area contributed by atoms with E-state index >= 15 is 0 Å². The molecule has 0 aliphatic carbocycles. The first-order chi connectivity index (χ1) is 7.57. The first-order valence-electron chi connectivity index (χ1n) is 5.45. The molecular weight excluding hydrogens is 288 g/mol. The Morgan fingerprint density at radius 2 is 2.00 bits per heavy atom. The second kappa shape index (κ2) is 4.88. The molecular formula is C12H15BrO2S. The Kier molecular flexibility index (Phi) is 3.70. The minimum absolute atomic E-state index is 0.269. The van der Waals surface area contributed by atoms with E-state index in [1.54, 1.807) is 0 Å². The zero-order valence-electron chi connectivity index (χ0n) is 8.97. The fourth-order valence-corrected chi connectivity index (χ4v) is 5.07. The van der Waals surface area contributed by atoms with Crippen LogP contribution in [0.5, 0.6) is 0 Å². The topological polar surface area (TPSA) is 34.1 Å². The van der Waals surface area contributed by atoms with Crippen molar-refractivity contribution in [3.63, 3.8) is 0 Å². The molecule has 0 saturated carbocycles. The van der Waals surface area contributed by atoms with E-state index in [0.717, 1.165) is 12.8 Å². The van der Waals surface area contributed by atoms with Gasteiger partial charge in [0.15, 0.2) is 9.84 Å². The molecule has 2 unspecified atom stereocenters. The Morgan fingerprint density at radius 3 is 2.56 bits per heavy atom. The minimum Gasteiger partial charge on any atom is -0.229 e. The fraction of sp³-hybridized carbons (Fsp3) is 0.500. The quantitative estimate of drug-likeness (QED) is 0.804. The Morgan fingerprint density at radius 1 is 1.31 bits per heavy atom. The van der Waals surface area contributed by atoms with Crippen molar-refractivity contribution in [3.8, 4) is 0 Å². The highest BCUT2D eigenvalue weighted by molar-refractivity contribution is 9.09. The molecule has 1 heterocycles. The number of hydrogen-bond acceptors (Lipinski definition) is 2. The lowest BCUT2D eigenvalue weighted by molar-refractivity contribution is 0.563. The number of alkyl halides is 1. The van der Waals surface area contributed by atoms with Crippen LogP contribution in [0.1, 0.15) is 12.0 Å². The lowest BCUT2D eigenvalue weighted by Crippen LogP contribution is -2.18. The third kappa shape index (κ3) is 3.08. The maximum absolute atomic E-state index is 11.4. The van der Waals surface area contributed by atoms with Gasteiger partial charge < -0.3 is 0 Å². The molecule has 0 amide bonds. The number of rotatable bonds is 3. The Bertz CT molecular complexity index is 441. The zero-order chi connectivity index (χ0) is 11.6. The van der Waals surface area contributed by atoms with Crippen LogP contribution in [-0.4, -0.2) is 24.8 Å². The van der Waals surface area contributed by atoms with Gasteiger partial charge in [0.05, 0.1) is 11.5 Å². The van der Waals surface area contributed by atoms with Gasteiger partial charge in [0.1, 0.15) is 0 Å². The molecule has 2 nitrogen and oxygen atoms in total. The Balaban J connectivity index is 1.97. The van der Waals surface area contributed by atoms with Gasteiger partial charge in [-0.2, -0.15) is 0 Å². The van der Waals surface area contributed by atoms with Crippen molar-refractivity contribution in [2.24, 2.45) is 5.92 Å². The highest BCUT2D eigenvalue weighted by Crippen LogP contribution is 2.28. The van der Waals surface area contributed by atoms with Crippen molar-refractivity contribution in [2.45, 2.75) is 17.7 Å². The van der Waals surface area contributed by atoms with Gasteiger partial charge in [0.25, 0.3) is 0 Å². The van der Waals surface area contributed by atoms with Gasteiger partial charge in [0.2, 0.25) is 0 Å². The predicted molar refractivity (Wildman–Crippen MR) is 69.6 cm³/mol. The summed E-state index contributed by atoms with van der Waals surface area (Å²) in [5.74, 6) is 0.967. The summed E-state index contributed by atoms with van der Waals surface area (Å²) in [7, 11) is -2.76. The molecule has 1 fully saturated rings. The molecule has 1 aromatic carbocycles. The molecule has 0 spiro atoms. The number of benzene rings is 1. The lowest BCUT2D eigenvalue weighted by atomic mass is 9.99. The largest absolute Gasteiger partial charge is 0.229 e. The van der Waals surface area contributed by atoms with E-state index in [0.29, 0.717) is 11.5 Å².